The lowest BCUT2D eigenvalue weighted by molar-refractivity contribution is 0.629. The Kier molecular flexibility index (Phi) is 2.88. The van der Waals surface area contributed by atoms with Crippen molar-refractivity contribution in [2.24, 2.45) is 0 Å². The van der Waals surface area contributed by atoms with Crippen molar-refractivity contribution in [2.45, 2.75) is 5.33 Å². The zero-order chi connectivity index (χ0) is 10.1. The number of halogens is 3. The van der Waals surface area contributed by atoms with Crippen LogP contribution in [0.1, 0.15) is 5.56 Å². The molecule has 0 nitrogen and oxygen atoms in total. The molecule has 0 N–H and O–H groups in total. The van der Waals surface area contributed by atoms with Crippen LogP contribution in [0.3, 0.4) is 0 Å². The molecule has 72 valence electrons. The fraction of sp³-hybridized carbons (Fsp3) is 0.0909. The van der Waals surface area contributed by atoms with Gasteiger partial charge >= 0.3 is 0 Å². The van der Waals surface area contributed by atoms with Gasteiger partial charge in [-0.15, -0.1) is 0 Å². The molecule has 3 heteroatoms. The average Bonchev–Trinajstić information content (AvgIpc) is 2.16. The molecule has 0 aliphatic heterocycles. The second-order valence-corrected chi connectivity index (χ2v) is 4.49. The topological polar surface area (TPSA) is 0 Å². The van der Waals surface area contributed by atoms with Gasteiger partial charge in [-0.3, -0.25) is 0 Å². The molecule has 14 heavy (non-hydrogen) atoms. The Labute approximate surface area is 98.4 Å². The number of fused-ring (bicyclic) bond motifs is 1. The Balaban J connectivity index is 2.75. The summed E-state index contributed by atoms with van der Waals surface area (Å²) in [6, 6.07) is 9.04. The number of hydrogen-bond acceptors (Lipinski definition) is 0. The van der Waals surface area contributed by atoms with Gasteiger partial charge in [0, 0.05) is 9.80 Å². The molecule has 0 saturated carbocycles. The first-order valence-electron chi connectivity index (χ1n) is 4.14. The molecule has 0 amide bonds. The van der Waals surface area contributed by atoms with E-state index in [0.29, 0.717) is 0 Å². The Morgan fingerprint density at radius 1 is 1.14 bits per heavy atom. The molecule has 0 heterocycles. The molecular weight excluding hydrogens is 311 g/mol. The predicted octanol–water partition coefficient (Wildman–Crippen LogP) is 4.64. The Hall–Kier alpha value is -0.410. The van der Waals surface area contributed by atoms with Crippen molar-refractivity contribution in [2.75, 3.05) is 0 Å². The van der Waals surface area contributed by atoms with Gasteiger partial charge in [0.05, 0.1) is 0 Å². The molecular formula is C11H7Br2F. The van der Waals surface area contributed by atoms with Gasteiger partial charge in [-0.2, -0.15) is 0 Å². The maximum atomic E-state index is 13.1. The highest BCUT2D eigenvalue weighted by molar-refractivity contribution is 9.10. The molecule has 0 bridgehead atoms. The summed E-state index contributed by atoms with van der Waals surface area (Å²) in [6.07, 6.45) is 0. The van der Waals surface area contributed by atoms with Crippen LogP contribution in [-0.4, -0.2) is 0 Å². The number of hydrogen-bond donors (Lipinski definition) is 0. The summed E-state index contributed by atoms with van der Waals surface area (Å²) in [5.74, 6) is -0.212. The van der Waals surface area contributed by atoms with Gasteiger partial charge in [0.2, 0.25) is 0 Å². The van der Waals surface area contributed by atoms with Gasteiger partial charge in [0.1, 0.15) is 5.82 Å². The molecule has 0 aromatic heterocycles. The lowest BCUT2D eigenvalue weighted by atomic mass is 10.1. The van der Waals surface area contributed by atoms with Crippen LogP contribution in [0.25, 0.3) is 10.8 Å². The average molecular weight is 318 g/mol. The van der Waals surface area contributed by atoms with Crippen LogP contribution in [0.5, 0.6) is 0 Å². The first kappa shape index (κ1) is 10.1. The van der Waals surface area contributed by atoms with Crippen molar-refractivity contribution >= 4 is 42.6 Å². The summed E-state index contributed by atoms with van der Waals surface area (Å²) < 4.78 is 13.9. The Morgan fingerprint density at radius 3 is 2.64 bits per heavy atom. The highest BCUT2D eigenvalue weighted by atomic mass is 79.9. The standard InChI is InChI=1S/C11H7Br2F/c12-6-7-1-2-10-8(3-7)4-9(14)5-11(10)13/h1-5H,6H2. The van der Waals surface area contributed by atoms with E-state index in [9.17, 15) is 4.39 Å². The second-order valence-electron chi connectivity index (χ2n) is 3.08. The molecule has 2 rings (SSSR count). The van der Waals surface area contributed by atoms with E-state index in [-0.39, 0.29) is 5.82 Å². The fourth-order valence-electron chi connectivity index (χ4n) is 1.42. The quantitative estimate of drug-likeness (QED) is 0.672. The molecule has 0 atom stereocenters. The minimum atomic E-state index is -0.212. The molecule has 0 unspecified atom stereocenters. The molecule has 2 aromatic rings. The molecule has 2 aromatic carbocycles. The third kappa shape index (κ3) is 1.84. The van der Waals surface area contributed by atoms with Gasteiger partial charge < -0.3 is 0 Å². The smallest absolute Gasteiger partial charge is 0.124 e. The molecule has 0 fully saturated rings. The largest absolute Gasteiger partial charge is 0.207 e. The zero-order valence-corrected chi connectivity index (χ0v) is 10.4. The van der Waals surface area contributed by atoms with E-state index in [1.807, 2.05) is 18.2 Å². The van der Waals surface area contributed by atoms with Gasteiger partial charge in [0.25, 0.3) is 0 Å². The van der Waals surface area contributed by atoms with Gasteiger partial charge in [0.15, 0.2) is 0 Å². The van der Waals surface area contributed by atoms with E-state index < -0.39 is 0 Å². The summed E-state index contributed by atoms with van der Waals surface area (Å²) >= 11 is 6.72. The van der Waals surface area contributed by atoms with E-state index in [1.54, 1.807) is 6.07 Å². The van der Waals surface area contributed by atoms with Crippen LogP contribution in [0.15, 0.2) is 34.8 Å². The van der Waals surface area contributed by atoms with Crippen molar-refractivity contribution in [3.05, 3.63) is 46.2 Å². The summed E-state index contributed by atoms with van der Waals surface area (Å²) in [5, 5.41) is 2.75. The van der Waals surface area contributed by atoms with E-state index in [2.05, 4.69) is 31.9 Å². The Bertz CT molecular complexity index is 480. The van der Waals surface area contributed by atoms with Gasteiger partial charge in [-0.25, -0.2) is 4.39 Å². The van der Waals surface area contributed by atoms with Gasteiger partial charge in [-0.1, -0.05) is 50.1 Å². The second kappa shape index (κ2) is 3.99. The number of alkyl halides is 1. The third-order valence-corrected chi connectivity index (χ3v) is 3.39. The third-order valence-electron chi connectivity index (χ3n) is 2.09. The number of benzene rings is 2. The van der Waals surface area contributed by atoms with Crippen molar-refractivity contribution in [1.82, 2.24) is 0 Å². The van der Waals surface area contributed by atoms with Crippen LogP contribution < -0.4 is 0 Å². The van der Waals surface area contributed by atoms with Crippen LogP contribution >= 0.6 is 31.9 Å². The number of rotatable bonds is 1. The van der Waals surface area contributed by atoms with Crippen molar-refractivity contribution in [3.8, 4) is 0 Å². The van der Waals surface area contributed by atoms with E-state index in [0.717, 1.165) is 26.1 Å². The predicted molar refractivity (Wildman–Crippen MR) is 64.2 cm³/mol. The Morgan fingerprint density at radius 2 is 1.93 bits per heavy atom. The monoisotopic (exact) mass is 316 g/mol. The van der Waals surface area contributed by atoms with E-state index in [1.165, 1.54) is 6.07 Å². The van der Waals surface area contributed by atoms with Crippen molar-refractivity contribution < 1.29 is 4.39 Å². The maximum absolute atomic E-state index is 13.1. The molecule has 0 spiro atoms. The highest BCUT2D eigenvalue weighted by Gasteiger charge is 2.02. The molecule has 0 radical (unpaired) electrons. The van der Waals surface area contributed by atoms with Crippen molar-refractivity contribution in [3.63, 3.8) is 0 Å². The zero-order valence-electron chi connectivity index (χ0n) is 7.23. The summed E-state index contributed by atoms with van der Waals surface area (Å²) in [4.78, 5) is 0. The summed E-state index contributed by atoms with van der Waals surface area (Å²) in [6.45, 7) is 0. The van der Waals surface area contributed by atoms with Gasteiger partial charge in [-0.05, 0) is 28.5 Å². The van der Waals surface area contributed by atoms with Crippen LogP contribution in [-0.2, 0) is 5.33 Å². The molecule has 0 saturated heterocycles. The highest BCUT2D eigenvalue weighted by Crippen LogP contribution is 2.26. The summed E-state index contributed by atoms with van der Waals surface area (Å²) in [7, 11) is 0. The minimum Gasteiger partial charge on any atom is -0.207 e. The van der Waals surface area contributed by atoms with E-state index in [4.69, 9.17) is 0 Å². The van der Waals surface area contributed by atoms with Crippen LogP contribution in [0.2, 0.25) is 0 Å². The molecule has 0 aliphatic carbocycles. The minimum absolute atomic E-state index is 0.212. The fourth-order valence-corrected chi connectivity index (χ4v) is 2.35. The normalized spacial score (nSPS) is 10.8. The van der Waals surface area contributed by atoms with Crippen LogP contribution in [0.4, 0.5) is 4.39 Å². The summed E-state index contributed by atoms with van der Waals surface area (Å²) in [5.41, 5.74) is 1.15. The van der Waals surface area contributed by atoms with Crippen molar-refractivity contribution in [1.29, 1.82) is 0 Å². The first-order chi connectivity index (χ1) is 6.70. The van der Waals surface area contributed by atoms with Crippen LogP contribution in [0, 0.1) is 5.82 Å². The molecule has 0 aliphatic rings. The lowest BCUT2D eigenvalue weighted by Gasteiger charge is -2.03. The maximum Gasteiger partial charge on any atom is 0.124 e. The van der Waals surface area contributed by atoms with E-state index >= 15 is 0 Å². The SMILES string of the molecule is Fc1cc(Br)c2ccc(CBr)cc2c1. The first-order valence-corrected chi connectivity index (χ1v) is 6.06. The lowest BCUT2D eigenvalue weighted by Crippen LogP contribution is -1.82.